The molecule has 1 aliphatic rings. The standard InChI is InChI=1S/C11H20N4S/c1-14-4-6-15(7-5-14)11(2-3-12)10-8-16-9-13-10/h8-9,11H,2-7,12H2,1H3. The molecule has 4 nitrogen and oxygen atoms in total. The van der Waals surface area contributed by atoms with E-state index in [1.165, 1.54) is 5.69 Å². The number of hydrogen-bond acceptors (Lipinski definition) is 5. The van der Waals surface area contributed by atoms with Crippen molar-refractivity contribution in [3.8, 4) is 0 Å². The monoisotopic (exact) mass is 240 g/mol. The maximum absolute atomic E-state index is 5.71. The van der Waals surface area contributed by atoms with Crippen LogP contribution in [0.15, 0.2) is 10.9 Å². The zero-order valence-corrected chi connectivity index (χ0v) is 10.6. The molecule has 0 amide bonds. The molecule has 90 valence electrons. The molecule has 0 aliphatic carbocycles. The van der Waals surface area contributed by atoms with Crippen LogP contribution in [0.5, 0.6) is 0 Å². The van der Waals surface area contributed by atoms with Crippen molar-refractivity contribution in [3.05, 3.63) is 16.6 Å². The van der Waals surface area contributed by atoms with Gasteiger partial charge < -0.3 is 10.6 Å². The van der Waals surface area contributed by atoms with Crippen molar-refractivity contribution in [2.24, 2.45) is 5.73 Å². The smallest absolute Gasteiger partial charge is 0.0795 e. The Labute approximate surface area is 101 Å². The van der Waals surface area contributed by atoms with E-state index in [1.54, 1.807) is 11.3 Å². The third kappa shape index (κ3) is 2.79. The summed E-state index contributed by atoms with van der Waals surface area (Å²) < 4.78 is 0. The van der Waals surface area contributed by atoms with Crippen molar-refractivity contribution >= 4 is 11.3 Å². The second kappa shape index (κ2) is 5.72. The minimum atomic E-state index is 0.421. The molecule has 0 radical (unpaired) electrons. The maximum Gasteiger partial charge on any atom is 0.0795 e. The first kappa shape index (κ1) is 12.0. The van der Waals surface area contributed by atoms with Gasteiger partial charge in [-0.1, -0.05) is 0 Å². The summed E-state index contributed by atoms with van der Waals surface area (Å²) in [7, 11) is 2.18. The zero-order chi connectivity index (χ0) is 11.4. The minimum Gasteiger partial charge on any atom is -0.330 e. The van der Waals surface area contributed by atoms with Gasteiger partial charge in [0.15, 0.2) is 0 Å². The molecule has 1 aromatic heterocycles. The fraction of sp³-hybridized carbons (Fsp3) is 0.727. The SMILES string of the molecule is CN1CCN(C(CCN)c2cscn2)CC1. The summed E-state index contributed by atoms with van der Waals surface area (Å²) in [5.41, 5.74) is 8.81. The third-order valence-electron chi connectivity index (χ3n) is 3.21. The Hall–Kier alpha value is -0.490. The molecule has 2 rings (SSSR count). The summed E-state index contributed by atoms with van der Waals surface area (Å²) in [5, 5.41) is 2.15. The highest BCUT2D eigenvalue weighted by Gasteiger charge is 2.24. The number of thiazole rings is 1. The summed E-state index contributed by atoms with van der Waals surface area (Å²) >= 11 is 1.67. The Morgan fingerprint density at radius 2 is 2.19 bits per heavy atom. The van der Waals surface area contributed by atoms with Crippen LogP contribution in [0, 0.1) is 0 Å². The first-order valence-electron chi connectivity index (χ1n) is 5.82. The number of nitrogens with two attached hydrogens (primary N) is 1. The van der Waals surface area contributed by atoms with Crippen LogP contribution in [0.4, 0.5) is 0 Å². The Morgan fingerprint density at radius 3 is 2.75 bits per heavy atom. The van der Waals surface area contributed by atoms with Gasteiger partial charge in [-0.25, -0.2) is 4.98 Å². The molecule has 0 saturated carbocycles. The van der Waals surface area contributed by atoms with Gasteiger partial charge in [0.25, 0.3) is 0 Å². The van der Waals surface area contributed by atoms with Crippen LogP contribution in [0.3, 0.4) is 0 Å². The van der Waals surface area contributed by atoms with Gasteiger partial charge >= 0.3 is 0 Å². The Morgan fingerprint density at radius 1 is 1.44 bits per heavy atom. The number of hydrogen-bond donors (Lipinski definition) is 1. The molecule has 0 aromatic carbocycles. The lowest BCUT2D eigenvalue weighted by molar-refractivity contribution is 0.106. The maximum atomic E-state index is 5.71. The van der Waals surface area contributed by atoms with Gasteiger partial charge in [-0.15, -0.1) is 11.3 Å². The lowest BCUT2D eigenvalue weighted by atomic mass is 10.1. The van der Waals surface area contributed by atoms with Gasteiger partial charge in [0.1, 0.15) is 0 Å². The van der Waals surface area contributed by atoms with Crippen LogP contribution in [-0.2, 0) is 0 Å². The normalized spacial score (nSPS) is 21.1. The molecule has 1 atom stereocenters. The number of rotatable bonds is 4. The van der Waals surface area contributed by atoms with E-state index in [9.17, 15) is 0 Å². The molecule has 1 fully saturated rings. The van der Waals surface area contributed by atoms with Crippen LogP contribution in [-0.4, -0.2) is 54.6 Å². The molecule has 1 saturated heterocycles. The van der Waals surface area contributed by atoms with Crippen molar-refractivity contribution in [2.75, 3.05) is 39.8 Å². The third-order valence-corrected chi connectivity index (χ3v) is 3.82. The number of aromatic nitrogens is 1. The summed E-state index contributed by atoms with van der Waals surface area (Å²) in [6.45, 7) is 5.27. The van der Waals surface area contributed by atoms with E-state index in [-0.39, 0.29) is 0 Å². The lowest BCUT2D eigenvalue weighted by Crippen LogP contribution is -2.46. The predicted molar refractivity (Wildman–Crippen MR) is 67.6 cm³/mol. The molecule has 1 aliphatic heterocycles. The molecule has 0 spiro atoms. The van der Waals surface area contributed by atoms with Gasteiger partial charge in [0.05, 0.1) is 17.2 Å². The van der Waals surface area contributed by atoms with E-state index >= 15 is 0 Å². The first-order chi connectivity index (χ1) is 7.81. The molecule has 2 N–H and O–H groups in total. The van der Waals surface area contributed by atoms with E-state index < -0.39 is 0 Å². The van der Waals surface area contributed by atoms with Crippen LogP contribution in [0.2, 0.25) is 0 Å². The summed E-state index contributed by atoms with van der Waals surface area (Å²) in [5.74, 6) is 0. The predicted octanol–water partition coefficient (Wildman–Crippen LogP) is 0.780. The van der Waals surface area contributed by atoms with E-state index in [0.29, 0.717) is 6.04 Å². The van der Waals surface area contributed by atoms with Gasteiger partial charge in [-0.05, 0) is 20.0 Å². The first-order valence-corrected chi connectivity index (χ1v) is 6.76. The van der Waals surface area contributed by atoms with Crippen molar-refractivity contribution < 1.29 is 0 Å². The van der Waals surface area contributed by atoms with E-state index in [1.807, 2.05) is 5.51 Å². The van der Waals surface area contributed by atoms with Gasteiger partial charge in [0.2, 0.25) is 0 Å². The highest BCUT2D eigenvalue weighted by Crippen LogP contribution is 2.24. The lowest BCUT2D eigenvalue weighted by Gasteiger charge is -2.37. The Kier molecular flexibility index (Phi) is 4.29. The molecule has 16 heavy (non-hydrogen) atoms. The van der Waals surface area contributed by atoms with Crippen LogP contribution in [0.25, 0.3) is 0 Å². The Balaban J connectivity index is 2.02. The summed E-state index contributed by atoms with van der Waals surface area (Å²) in [6.07, 6.45) is 1.01. The van der Waals surface area contributed by atoms with E-state index in [0.717, 1.165) is 39.1 Å². The highest BCUT2D eigenvalue weighted by molar-refractivity contribution is 7.07. The van der Waals surface area contributed by atoms with Crippen LogP contribution >= 0.6 is 11.3 Å². The van der Waals surface area contributed by atoms with E-state index in [4.69, 9.17) is 5.73 Å². The second-order valence-corrected chi connectivity index (χ2v) is 5.06. The topological polar surface area (TPSA) is 45.4 Å². The largest absolute Gasteiger partial charge is 0.330 e. The van der Waals surface area contributed by atoms with Gasteiger partial charge in [-0.2, -0.15) is 0 Å². The highest BCUT2D eigenvalue weighted by atomic mass is 32.1. The average molecular weight is 240 g/mol. The fourth-order valence-corrected chi connectivity index (χ4v) is 2.80. The quantitative estimate of drug-likeness (QED) is 0.845. The Bertz CT molecular complexity index is 293. The molecular formula is C11H20N4S. The molecule has 5 heteroatoms. The minimum absolute atomic E-state index is 0.421. The van der Waals surface area contributed by atoms with E-state index in [2.05, 4.69) is 27.2 Å². The van der Waals surface area contributed by atoms with Crippen molar-refractivity contribution in [1.29, 1.82) is 0 Å². The fourth-order valence-electron chi connectivity index (χ4n) is 2.20. The average Bonchev–Trinajstić information content (AvgIpc) is 2.81. The molecule has 0 bridgehead atoms. The van der Waals surface area contributed by atoms with Crippen molar-refractivity contribution in [3.63, 3.8) is 0 Å². The zero-order valence-electron chi connectivity index (χ0n) is 9.80. The van der Waals surface area contributed by atoms with Crippen molar-refractivity contribution in [1.82, 2.24) is 14.8 Å². The second-order valence-electron chi connectivity index (χ2n) is 4.35. The molecule has 1 unspecified atom stereocenters. The molecule has 1 aromatic rings. The number of piperazine rings is 1. The van der Waals surface area contributed by atoms with Crippen LogP contribution in [0.1, 0.15) is 18.2 Å². The summed E-state index contributed by atoms with van der Waals surface area (Å²) in [6, 6.07) is 0.421. The molecule has 2 heterocycles. The number of nitrogens with zero attached hydrogens (tertiary/aromatic N) is 3. The van der Waals surface area contributed by atoms with Crippen LogP contribution < -0.4 is 5.73 Å². The molecular weight excluding hydrogens is 220 g/mol. The number of likely N-dealkylation sites (N-methyl/N-ethyl adjacent to an activating group) is 1. The van der Waals surface area contributed by atoms with Gasteiger partial charge in [0, 0.05) is 31.6 Å². The van der Waals surface area contributed by atoms with Crippen molar-refractivity contribution in [2.45, 2.75) is 12.5 Å². The van der Waals surface area contributed by atoms with Gasteiger partial charge in [-0.3, -0.25) is 4.90 Å². The summed E-state index contributed by atoms with van der Waals surface area (Å²) in [4.78, 5) is 9.32.